The highest BCUT2D eigenvalue weighted by Gasteiger charge is 2.03. The molecule has 0 radical (unpaired) electrons. The summed E-state index contributed by atoms with van der Waals surface area (Å²) in [6.45, 7) is 1.79. The molecule has 5 N–H and O–H groups in total. The van der Waals surface area contributed by atoms with Gasteiger partial charge in [0.1, 0.15) is 0 Å². The summed E-state index contributed by atoms with van der Waals surface area (Å²) in [5.41, 5.74) is 0. The summed E-state index contributed by atoms with van der Waals surface area (Å²) in [5.74, 6) is 0.115. The second-order valence-electron chi connectivity index (χ2n) is 1.43. The molecule has 0 spiro atoms. The maximum Gasteiger partial charge on any atom is 0.267 e. The van der Waals surface area contributed by atoms with Crippen LogP contribution < -0.4 is 6.15 Å². The van der Waals surface area contributed by atoms with E-state index in [-0.39, 0.29) is 17.4 Å². The molecule has 0 saturated heterocycles. The predicted molar refractivity (Wildman–Crippen MR) is 39.7 cm³/mol. The zero-order valence-electron chi connectivity index (χ0n) is 6.25. The molecule has 0 aromatic rings. The van der Waals surface area contributed by atoms with Gasteiger partial charge in [-0.25, -0.2) is 0 Å². The van der Waals surface area contributed by atoms with Gasteiger partial charge in [-0.2, -0.15) is 8.42 Å². The lowest BCUT2D eigenvalue weighted by Gasteiger charge is -1.94. The van der Waals surface area contributed by atoms with Gasteiger partial charge in [0.2, 0.25) is 0 Å². The fourth-order valence-corrected chi connectivity index (χ4v) is 1.000. The van der Waals surface area contributed by atoms with Gasteiger partial charge in [-0.3, -0.25) is 4.18 Å². The largest absolute Gasteiger partial charge is 0.412 e. The Bertz CT molecular complexity index is 141. The summed E-state index contributed by atoms with van der Waals surface area (Å²) in [6, 6.07) is 0. The molecule has 6 heteroatoms. The van der Waals surface area contributed by atoms with E-state index in [1.165, 1.54) is 7.11 Å². The van der Waals surface area contributed by atoms with Crippen molar-refractivity contribution >= 4 is 10.1 Å². The van der Waals surface area contributed by atoms with Gasteiger partial charge in [-0.15, -0.1) is 0 Å². The Hall–Kier alpha value is -0.170. The van der Waals surface area contributed by atoms with Gasteiger partial charge in [-0.05, 0) is 6.42 Å². The molecule has 66 valence electrons. The minimum atomic E-state index is -3.17. The quantitative estimate of drug-likeness (QED) is 0.591. The second-order valence-corrected chi connectivity index (χ2v) is 3.29. The first-order valence-corrected chi connectivity index (χ1v) is 3.98. The van der Waals surface area contributed by atoms with Crippen LogP contribution in [0.5, 0.6) is 0 Å². The fourth-order valence-electron chi connectivity index (χ4n) is 0.333. The van der Waals surface area contributed by atoms with E-state index in [1.54, 1.807) is 6.92 Å². The molecule has 0 aliphatic rings. The monoisotopic (exact) mass is 173 g/mol. The second kappa shape index (κ2) is 6.94. The van der Waals surface area contributed by atoms with Crippen molar-refractivity contribution < 1.29 is 18.1 Å². The Morgan fingerprint density at radius 3 is 1.90 bits per heavy atom. The van der Waals surface area contributed by atoms with E-state index in [0.717, 1.165) is 0 Å². The molecule has 5 nitrogen and oxygen atoms in total. The molecule has 0 aromatic carbocycles. The zero-order chi connectivity index (χ0) is 6.62. The molecular weight excluding hydrogens is 158 g/mol. The van der Waals surface area contributed by atoms with Crippen molar-refractivity contribution in [3.05, 3.63) is 0 Å². The average Bonchev–Trinajstić information content (AvgIpc) is 1.67. The molecule has 0 aliphatic heterocycles. The van der Waals surface area contributed by atoms with Crippen LogP contribution in [-0.4, -0.2) is 26.8 Å². The van der Waals surface area contributed by atoms with Crippen molar-refractivity contribution in [3.63, 3.8) is 0 Å². The Balaban J connectivity index is -0.000000245. The number of rotatable bonds is 3. The lowest BCUT2D eigenvalue weighted by atomic mass is 10.6. The van der Waals surface area contributed by atoms with Crippen LogP contribution in [0.1, 0.15) is 13.3 Å². The highest BCUT2D eigenvalue weighted by atomic mass is 32.2. The van der Waals surface area contributed by atoms with Crippen molar-refractivity contribution in [1.82, 2.24) is 6.15 Å². The van der Waals surface area contributed by atoms with Crippen LogP contribution in [0.2, 0.25) is 0 Å². The molecule has 0 aliphatic carbocycles. The van der Waals surface area contributed by atoms with E-state index in [0.29, 0.717) is 6.42 Å². The molecule has 0 aromatic heterocycles. The molecule has 0 fully saturated rings. The third kappa shape index (κ3) is 7.83. The van der Waals surface area contributed by atoms with Crippen molar-refractivity contribution in [2.75, 3.05) is 12.9 Å². The maximum atomic E-state index is 10.4. The Kier molecular flexibility index (Phi) is 11.4. The van der Waals surface area contributed by atoms with Crippen LogP contribution in [0, 0.1) is 0 Å². The van der Waals surface area contributed by atoms with Crippen molar-refractivity contribution in [2.45, 2.75) is 13.3 Å². The first-order valence-electron chi connectivity index (χ1n) is 2.40. The summed E-state index contributed by atoms with van der Waals surface area (Å²) < 4.78 is 24.9. The van der Waals surface area contributed by atoms with Crippen molar-refractivity contribution in [1.29, 1.82) is 0 Å². The molecular formula is C4H15NO4S. The summed E-state index contributed by atoms with van der Waals surface area (Å²) in [4.78, 5) is 0. The lowest BCUT2D eigenvalue weighted by molar-refractivity contribution is 0.397. The van der Waals surface area contributed by atoms with Gasteiger partial charge in [0, 0.05) is 0 Å². The minimum absolute atomic E-state index is 0. The summed E-state index contributed by atoms with van der Waals surface area (Å²) in [5, 5.41) is 0. The van der Waals surface area contributed by atoms with Crippen molar-refractivity contribution in [2.24, 2.45) is 0 Å². The van der Waals surface area contributed by atoms with E-state index < -0.39 is 10.1 Å². The maximum absolute atomic E-state index is 10.4. The Labute approximate surface area is 61.4 Å². The van der Waals surface area contributed by atoms with Crippen molar-refractivity contribution in [3.8, 4) is 0 Å². The average molecular weight is 173 g/mol. The molecule has 0 atom stereocenters. The van der Waals surface area contributed by atoms with Gasteiger partial charge in [0.05, 0.1) is 12.9 Å². The summed E-state index contributed by atoms with van der Waals surface area (Å²) >= 11 is 0. The fraction of sp³-hybridized carbons (Fsp3) is 1.00. The van der Waals surface area contributed by atoms with Crippen LogP contribution in [0.3, 0.4) is 0 Å². The SMILES string of the molecule is CCCS(=O)(=O)OC.N.O. The van der Waals surface area contributed by atoms with E-state index in [4.69, 9.17) is 0 Å². The van der Waals surface area contributed by atoms with Crippen LogP contribution in [0.25, 0.3) is 0 Å². The van der Waals surface area contributed by atoms with E-state index in [2.05, 4.69) is 4.18 Å². The lowest BCUT2D eigenvalue weighted by Crippen LogP contribution is -2.05. The van der Waals surface area contributed by atoms with E-state index in [1.807, 2.05) is 0 Å². The minimum Gasteiger partial charge on any atom is -0.412 e. The Morgan fingerprint density at radius 1 is 1.40 bits per heavy atom. The van der Waals surface area contributed by atoms with Crippen LogP contribution >= 0.6 is 0 Å². The van der Waals surface area contributed by atoms with Gasteiger partial charge in [0.15, 0.2) is 0 Å². The third-order valence-electron chi connectivity index (χ3n) is 0.708. The first-order chi connectivity index (χ1) is 3.62. The molecule has 0 bridgehead atoms. The molecule has 0 unspecified atom stereocenters. The summed E-state index contributed by atoms with van der Waals surface area (Å²) in [6.07, 6.45) is 0.607. The summed E-state index contributed by atoms with van der Waals surface area (Å²) in [7, 11) is -2.00. The molecule has 10 heavy (non-hydrogen) atoms. The highest BCUT2D eigenvalue weighted by Crippen LogP contribution is 1.91. The van der Waals surface area contributed by atoms with Crippen LogP contribution in [0.15, 0.2) is 0 Å². The molecule has 0 heterocycles. The van der Waals surface area contributed by atoms with Gasteiger partial charge >= 0.3 is 0 Å². The standard InChI is InChI=1S/C4H10O3S.H3N.H2O/c1-3-4-8(5,6)7-2;;/h3-4H2,1-2H3;1H3;1H2. The van der Waals surface area contributed by atoms with Gasteiger partial charge in [-0.1, -0.05) is 6.92 Å². The first kappa shape index (κ1) is 16.4. The predicted octanol–water partition coefficient (Wildman–Crippen LogP) is -0.290. The van der Waals surface area contributed by atoms with Crippen LogP contribution in [-0.2, 0) is 14.3 Å². The van der Waals surface area contributed by atoms with Gasteiger partial charge < -0.3 is 11.6 Å². The normalized spacial score (nSPS) is 9.40. The van der Waals surface area contributed by atoms with E-state index in [9.17, 15) is 8.42 Å². The van der Waals surface area contributed by atoms with Gasteiger partial charge in [0.25, 0.3) is 10.1 Å². The number of hydrogen-bond donors (Lipinski definition) is 1. The highest BCUT2D eigenvalue weighted by molar-refractivity contribution is 7.86. The number of hydrogen-bond acceptors (Lipinski definition) is 4. The van der Waals surface area contributed by atoms with Crippen LogP contribution in [0.4, 0.5) is 0 Å². The molecule has 0 rings (SSSR count). The molecule has 0 amide bonds. The molecule has 0 saturated carbocycles. The van der Waals surface area contributed by atoms with E-state index >= 15 is 0 Å². The smallest absolute Gasteiger partial charge is 0.267 e. The zero-order valence-corrected chi connectivity index (χ0v) is 7.07. The topological polar surface area (TPSA) is 110 Å². The Morgan fingerprint density at radius 2 is 1.80 bits per heavy atom. The third-order valence-corrected chi connectivity index (χ3v) is 2.12.